The number of aromatic hydroxyl groups is 1. The molecule has 4 nitrogen and oxygen atoms in total. The zero-order valence-corrected chi connectivity index (χ0v) is 14.9. The molecule has 0 radical (unpaired) electrons. The van der Waals surface area contributed by atoms with Gasteiger partial charge in [0, 0.05) is 31.5 Å². The lowest BCUT2D eigenvalue weighted by Gasteiger charge is -2.18. The van der Waals surface area contributed by atoms with Gasteiger partial charge in [-0.15, -0.1) is 0 Å². The minimum absolute atomic E-state index is 0.0814. The smallest absolute Gasteiger partial charge is 0.416 e. The van der Waals surface area contributed by atoms with Crippen LogP contribution in [0.4, 0.5) is 13.2 Å². The molecule has 1 heterocycles. The van der Waals surface area contributed by atoms with E-state index >= 15 is 0 Å². The number of hydrogen-bond acceptors (Lipinski definition) is 3. The highest BCUT2D eigenvalue weighted by Gasteiger charge is 2.31. The normalized spacial score (nSPS) is 11.3. The van der Waals surface area contributed by atoms with Crippen LogP contribution in [0.5, 0.6) is 5.75 Å². The van der Waals surface area contributed by atoms with E-state index in [1.54, 1.807) is 49.6 Å². The topological polar surface area (TPSA) is 53.4 Å². The summed E-state index contributed by atoms with van der Waals surface area (Å²) in [5.74, 6) is -0.467. The number of amides is 1. The predicted octanol–water partition coefficient (Wildman–Crippen LogP) is 4.75. The van der Waals surface area contributed by atoms with Gasteiger partial charge in [0.05, 0.1) is 11.1 Å². The molecule has 2 aromatic carbocycles. The number of alkyl halides is 3. The minimum atomic E-state index is -4.50. The van der Waals surface area contributed by atoms with Gasteiger partial charge in [-0.1, -0.05) is 18.2 Å². The lowest BCUT2D eigenvalue weighted by atomic mass is 9.99. The number of halogens is 3. The molecule has 144 valence electrons. The van der Waals surface area contributed by atoms with E-state index in [9.17, 15) is 23.1 Å². The molecule has 0 unspecified atom stereocenters. The van der Waals surface area contributed by atoms with Crippen molar-refractivity contribution in [2.24, 2.45) is 0 Å². The maximum absolute atomic E-state index is 13.0. The van der Waals surface area contributed by atoms with Crippen molar-refractivity contribution in [1.82, 2.24) is 9.88 Å². The molecule has 0 bridgehead atoms. The number of rotatable bonds is 4. The van der Waals surface area contributed by atoms with Gasteiger partial charge in [-0.05, 0) is 47.5 Å². The number of nitrogens with zero attached hydrogens (tertiary/aromatic N) is 2. The fraction of sp³-hybridized carbons (Fsp3) is 0.143. The van der Waals surface area contributed by atoms with Gasteiger partial charge in [0.1, 0.15) is 5.75 Å². The number of pyridine rings is 1. The van der Waals surface area contributed by atoms with Crippen LogP contribution in [0.2, 0.25) is 0 Å². The average Bonchev–Trinajstić information content (AvgIpc) is 2.67. The second kappa shape index (κ2) is 7.72. The Morgan fingerprint density at radius 1 is 1.11 bits per heavy atom. The first-order chi connectivity index (χ1) is 13.3. The number of hydrogen-bond donors (Lipinski definition) is 1. The maximum Gasteiger partial charge on any atom is 0.416 e. The number of phenolic OH excluding ortho intramolecular Hbond substituents is 1. The summed E-state index contributed by atoms with van der Waals surface area (Å²) in [6.07, 6.45) is -1.46. The molecular weight excluding hydrogens is 369 g/mol. The van der Waals surface area contributed by atoms with Crippen molar-refractivity contribution in [3.63, 3.8) is 0 Å². The van der Waals surface area contributed by atoms with Gasteiger partial charge in [-0.3, -0.25) is 9.78 Å². The number of aromatic nitrogens is 1. The van der Waals surface area contributed by atoms with E-state index in [4.69, 9.17) is 0 Å². The van der Waals surface area contributed by atoms with Crippen molar-refractivity contribution in [2.45, 2.75) is 12.7 Å². The summed E-state index contributed by atoms with van der Waals surface area (Å²) in [6, 6.07) is 12.8. The summed E-state index contributed by atoms with van der Waals surface area (Å²) in [6.45, 7) is 0.251. The summed E-state index contributed by atoms with van der Waals surface area (Å²) in [5.41, 5.74) is 0.835. The Balaban J connectivity index is 1.86. The molecule has 0 aliphatic carbocycles. The van der Waals surface area contributed by atoms with Crippen LogP contribution in [0.15, 0.2) is 67.0 Å². The van der Waals surface area contributed by atoms with Crippen molar-refractivity contribution in [1.29, 1.82) is 0 Å². The number of carbonyl (C=O) groups excluding carboxylic acids is 1. The van der Waals surface area contributed by atoms with Crippen molar-refractivity contribution >= 4 is 5.91 Å². The zero-order valence-electron chi connectivity index (χ0n) is 14.9. The van der Waals surface area contributed by atoms with Gasteiger partial charge in [0.15, 0.2) is 0 Å². The van der Waals surface area contributed by atoms with Gasteiger partial charge >= 0.3 is 6.18 Å². The molecule has 7 heteroatoms. The Morgan fingerprint density at radius 3 is 2.57 bits per heavy atom. The van der Waals surface area contributed by atoms with E-state index in [0.717, 1.165) is 18.2 Å². The van der Waals surface area contributed by atoms with Gasteiger partial charge in [-0.25, -0.2) is 0 Å². The lowest BCUT2D eigenvalue weighted by Crippen LogP contribution is -2.26. The molecule has 0 aliphatic rings. The quantitative estimate of drug-likeness (QED) is 0.704. The summed E-state index contributed by atoms with van der Waals surface area (Å²) in [7, 11) is 1.63. The Bertz CT molecular complexity index is 988. The highest BCUT2D eigenvalue weighted by atomic mass is 19.4. The predicted molar refractivity (Wildman–Crippen MR) is 98.6 cm³/mol. The zero-order chi connectivity index (χ0) is 20.3. The van der Waals surface area contributed by atoms with Crippen LogP contribution in [0.3, 0.4) is 0 Å². The van der Waals surface area contributed by atoms with Crippen LogP contribution in [0, 0.1) is 0 Å². The first kappa shape index (κ1) is 19.4. The Morgan fingerprint density at radius 2 is 1.89 bits per heavy atom. The van der Waals surface area contributed by atoms with E-state index in [1.165, 1.54) is 11.1 Å². The molecule has 0 atom stereocenters. The number of phenols is 1. The van der Waals surface area contributed by atoms with E-state index in [1.807, 2.05) is 0 Å². The molecule has 3 rings (SSSR count). The molecule has 0 saturated heterocycles. The lowest BCUT2D eigenvalue weighted by molar-refractivity contribution is -0.137. The molecule has 1 aromatic heterocycles. The van der Waals surface area contributed by atoms with Crippen molar-refractivity contribution < 1.29 is 23.1 Å². The third-order valence-corrected chi connectivity index (χ3v) is 4.24. The average molecular weight is 386 g/mol. The van der Waals surface area contributed by atoms with E-state index in [2.05, 4.69) is 4.98 Å². The minimum Gasteiger partial charge on any atom is -0.507 e. The Labute approximate surface area is 159 Å². The van der Waals surface area contributed by atoms with E-state index in [-0.39, 0.29) is 23.8 Å². The summed E-state index contributed by atoms with van der Waals surface area (Å²) in [5, 5.41) is 10.0. The summed E-state index contributed by atoms with van der Waals surface area (Å²) < 4.78 is 39.0. The molecule has 1 N–H and O–H groups in total. The molecule has 0 saturated carbocycles. The monoisotopic (exact) mass is 386 g/mol. The van der Waals surface area contributed by atoms with Crippen molar-refractivity contribution in [3.05, 3.63) is 83.7 Å². The number of benzene rings is 2. The van der Waals surface area contributed by atoms with E-state index in [0.29, 0.717) is 16.7 Å². The highest BCUT2D eigenvalue weighted by Crippen LogP contribution is 2.36. The Hall–Kier alpha value is -3.35. The molecule has 0 aliphatic heterocycles. The van der Waals surface area contributed by atoms with Crippen LogP contribution in [0.1, 0.15) is 21.5 Å². The van der Waals surface area contributed by atoms with E-state index < -0.39 is 11.7 Å². The molecule has 28 heavy (non-hydrogen) atoms. The van der Waals surface area contributed by atoms with Gasteiger partial charge < -0.3 is 10.0 Å². The second-order valence-corrected chi connectivity index (χ2v) is 6.33. The maximum atomic E-state index is 13.0. The van der Waals surface area contributed by atoms with Crippen molar-refractivity contribution in [3.8, 4) is 16.9 Å². The van der Waals surface area contributed by atoms with Crippen LogP contribution < -0.4 is 0 Å². The van der Waals surface area contributed by atoms with Crippen LogP contribution in [0.25, 0.3) is 11.1 Å². The first-order valence-corrected chi connectivity index (χ1v) is 8.41. The first-order valence-electron chi connectivity index (χ1n) is 8.41. The molecular formula is C21H17F3N2O2. The Kier molecular flexibility index (Phi) is 5.35. The van der Waals surface area contributed by atoms with Crippen molar-refractivity contribution in [2.75, 3.05) is 7.05 Å². The number of carbonyl (C=O) groups is 1. The molecule has 3 aromatic rings. The molecule has 1 amide bonds. The molecule has 0 fully saturated rings. The largest absolute Gasteiger partial charge is 0.507 e. The fourth-order valence-electron chi connectivity index (χ4n) is 2.84. The van der Waals surface area contributed by atoms with Gasteiger partial charge in [0.25, 0.3) is 5.91 Å². The van der Waals surface area contributed by atoms with Gasteiger partial charge in [-0.2, -0.15) is 13.2 Å². The third kappa shape index (κ3) is 4.31. The SMILES string of the molecule is CN(Cc1cccc(-c2cc(C(F)(F)F)ccc2O)c1)C(=O)c1cccnc1. The van der Waals surface area contributed by atoms with Gasteiger partial charge in [0.2, 0.25) is 0 Å². The fourth-order valence-corrected chi connectivity index (χ4v) is 2.84. The standard InChI is InChI=1S/C21H17F3N2O2/c1-26(20(28)16-6-3-9-25-12-16)13-14-4-2-5-15(10-14)18-11-17(21(22,23)24)7-8-19(18)27/h2-12,27H,13H2,1H3. The van der Waals surface area contributed by atoms with Crippen LogP contribution >= 0.6 is 0 Å². The molecule has 0 spiro atoms. The summed E-state index contributed by atoms with van der Waals surface area (Å²) >= 11 is 0. The van der Waals surface area contributed by atoms with Crippen LogP contribution in [-0.2, 0) is 12.7 Å². The summed E-state index contributed by atoms with van der Waals surface area (Å²) in [4.78, 5) is 17.8. The van der Waals surface area contributed by atoms with Crippen LogP contribution in [-0.4, -0.2) is 27.9 Å². The third-order valence-electron chi connectivity index (χ3n) is 4.24. The highest BCUT2D eigenvalue weighted by molar-refractivity contribution is 5.93. The second-order valence-electron chi connectivity index (χ2n) is 6.33.